The first-order valence-electron chi connectivity index (χ1n) is 4.99. The molecule has 4 nitrogen and oxygen atoms in total. The molecule has 94 valence electrons. The van der Waals surface area contributed by atoms with Crippen molar-refractivity contribution in [2.24, 2.45) is 0 Å². The first kappa shape index (κ1) is 11.3. The van der Waals surface area contributed by atoms with Gasteiger partial charge < -0.3 is 14.0 Å². The van der Waals surface area contributed by atoms with Gasteiger partial charge in [-0.15, -0.1) is 20.4 Å². The minimum atomic E-state index is -3.62. The molecule has 0 fully saturated rings. The molecule has 0 saturated carbocycles. The first-order valence-corrected chi connectivity index (χ1v) is 5.53. The van der Waals surface area contributed by atoms with Gasteiger partial charge in [0.15, 0.2) is 17.3 Å². The molecule has 3 rings (SSSR count). The molecule has 1 aromatic heterocycles. The zero-order valence-corrected chi connectivity index (χ0v) is 9.58. The molecule has 2 heterocycles. The average Bonchev–Trinajstić information content (AvgIpc) is 2.89. The molecule has 0 radical (unpaired) electrons. The standard InChI is InChI=1S/C11H6ClF2NO3/c12-5-7-4-8(15-18-7)6-1-2-9-10(3-6)17-11(13,14)16-9/h1-4H,5H2. The number of ether oxygens (including phenoxy) is 2. The van der Waals surface area contributed by atoms with E-state index in [-0.39, 0.29) is 17.4 Å². The summed E-state index contributed by atoms with van der Waals surface area (Å²) in [5.74, 6) is 0.641. The Morgan fingerprint density at radius 1 is 1.17 bits per heavy atom. The summed E-state index contributed by atoms with van der Waals surface area (Å²) in [6, 6.07) is 6.01. The van der Waals surface area contributed by atoms with Gasteiger partial charge in [-0.3, -0.25) is 0 Å². The number of nitrogens with zero attached hydrogens (tertiary/aromatic N) is 1. The molecule has 1 aromatic carbocycles. The maximum atomic E-state index is 12.8. The summed E-state index contributed by atoms with van der Waals surface area (Å²) in [5.41, 5.74) is 1.07. The third-order valence-corrected chi connectivity index (χ3v) is 2.65. The van der Waals surface area contributed by atoms with Crippen LogP contribution in [-0.4, -0.2) is 11.5 Å². The molecule has 0 spiro atoms. The van der Waals surface area contributed by atoms with Gasteiger partial charge in [-0.25, -0.2) is 0 Å². The zero-order chi connectivity index (χ0) is 12.8. The Balaban J connectivity index is 1.97. The monoisotopic (exact) mass is 273 g/mol. The lowest BCUT2D eigenvalue weighted by Crippen LogP contribution is -2.25. The fourth-order valence-electron chi connectivity index (χ4n) is 1.62. The second-order valence-corrected chi connectivity index (χ2v) is 3.91. The van der Waals surface area contributed by atoms with Gasteiger partial charge in [0, 0.05) is 11.6 Å². The second kappa shape index (κ2) is 3.84. The van der Waals surface area contributed by atoms with Crippen LogP contribution in [0.1, 0.15) is 5.76 Å². The first-order chi connectivity index (χ1) is 8.57. The van der Waals surface area contributed by atoms with E-state index in [2.05, 4.69) is 14.6 Å². The van der Waals surface area contributed by atoms with Gasteiger partial charge in [0.25, 0.3) is 0 Å². The van der Waals surface area contributed by atoms with E-state index in [1.807, 2.05) is 0 Å². The van der Waals surface area contributed by atoms with Gasteiger partial charge in [0.2, 0.25) is 0 Å². The summed E-state index contributed by atoms with van der Waals surface area (Å²) in [4.78, 5) is 0. The van der Waals surface area contributed by atoms with Crippen LogP contribution in [-0.2, 0) is 5.88 Å². The van der Waals surface area contributed by atoms with Crippen LogP contribution in [0.5, 0.6) is 11.5 Å². The van der Waals surface area contributed by atoms with Crippen LogP contribution in [0.4, 0.5) is 8.78 Å². The summed E-state index contributed by atoms with van der Waals surface area (Å²) < 4.78 is 39.2. The molecule has 18 heavy (non-hydrogen) atoms. The van der Waals surface area contributed by atoms with Gasteiger partial charge in [0.1, 0.15) is 5.69 Å². The van der Waals surface area contributed by atoms with Crippen molar-refractivity contribution in [1.29, 1.82) is 0 Å². The van der Waals surface area contributed by atoms with Crippen molar-refractivity contribution in [2.75, 3.05) is 0 Å². The highest BCUT2D eigenvalue weighted by atomic mass is 35.5. The van der Waals surface area contributed by atoms with Crippen molar-refractivity contribution in [3.05, 3.63) is 30.0 Å². The Kier molecular flexibility index (Phi) is 2.41. The zero-order valence-electron chi connectivity index (χ0n) is 8.82. The van der Waals surface area contributed by atoms with Crippen LogP contribution in [0.3, 0.4) is 0 Å². The number of hydrogen-bond acceptors (Lipinski definition) is 4. The highest BCUT2D eigenvalue weighted by molar-refractivity contribution is 6.16. The van der Waals surface area contributed by atoms with Crippen molar-refractivity contribution >= 4 is 11.6 Å². The highest BCUT2D eigenvalue weighted by Crippen LogP contribution is 2.42. The van der Waals surface area contributed by atoms with Gasteiger partial charge in [-0.1, -0.05) is 5.16 Å². The van der Waals surface area contributed by atoms with Gasteiger partial charge in [0.05, 0.1) is 5.88 Å². The number of benzene rings is 1. The minimum Gasteiger partial charge on any atom is -0.395 e. The predicted molar refractivity (Wildman–Crippen MR) is 57.7 cm³/mol. The van der Waals surface area contributed by atoms with Crippen molar-refractivity contribution in [2.45, 2.75) is 12.2 Å². The van der Waals surface area contributed by atoms with E-state index >= 15 is 0 Å². The van der Waals surface area contributed by atoms with E-state index < -0.39 is 6.29 Å². The fourth-order valence-corrected chi connectivity index (χ4v) is 1.75. The molecule has 0 saturated heterocycles. The van der Waals surface area contributed by atoms with Crippen molar-refractivity contribution in [3.8, 4) is 22.8 Å². The fraction of sp³-hybridized carbons (Fsp3) is 0.182. The Morgan fingerprint density at radius 2 is 1.94 bits per heavy atom. The number of halogens is 3. The molecule has 1 aliphatic rings. The van der Waals surface area contributed by atoms with Crippen LogP contribution in [0, 0.1) is 0 Å². The number of hydrogen-bond donors (Lipinski definition) is 0. The molecule has 0 bridgehead atoms. The van der Waals surface area contributed by atoms with Crippen LogP contribution in [0.25, 0.3) is 11.3 Å². The van der Waals surface area contributed by atoms with Crippen molar-refractivity contribution in [3.63, 3.8) is 0 Å². The van der Waals surface area contributed by atoms with E-state index in [1.165, 1.54) is 12.1 Å². The van der Waals surface area contributed by atoms with E-state index in [4.69, 9.17) is 16.1 Å². The highest BCUT2D eigenvalue weighted by Gasteiger charge is 2.43. The van der Waals surface area contributed by atoms with E-state index in [0.29, 0.717) is 17.0 Å². The third-order valence-electron chi connectivity index (χ3n) is 2.39. The molecule has 1 aliphatic heterocycles. The molecular formula is C11H6ClF2NO3. The average molecular weight is 274 g/mol. The number of aromatic nitrogens is 1. The molecule has 0 unspecified atom stereocenters. The molecule has 0 amide bonds. The van der Waals surface area contributed by atoms with E-state index in [1.54, 1.807) is 12.1 Å². The maximum Gasteiger partial charge on any atom is 0.586 e. The summed E-state index contributed by atoms with van der Waals surface area (Å²) in [6.45, 7) is 0. The van der Waals surface area contributed by atoms with Crippen molar-refractivity contribution < 1.29 is 22.8 Å². The maximum absolute atomic E-state index is 12.8. The lowest BCUT2D eigenvalue weighted by Gasteiger charge is -2.04. The normalized spacial score (nSPS) is 15.9. The van der Waals surface area contributed by atoms with Crippen LogP contribution in [0.2, 0.25) is 0 Å². The Morgan fingerprint density at radius 3 is 2.67 bits per heavy atom. The summed E-state index contributed by atoms with van der Waals surface area (Å²) >= 11 is 5.58. The number of alkyl halides is 3. The topological polar surface area (TPSA) is 44.5 Å². The quantitative estimate of drug-likeness (QED) is 0.787. The minimum absolute atomic E-state index is 0.00943. The van der Waals surface area contributed by atoms with Gasteiger partial charge in [-0.2, -0.15) is 0 Å². The van der Waals surface area contributed by atoms with E-state index in [9.17, 15) is 8.78 Å². The summed E-state index contributed by atoms with van der Waals surface area (Å²) in [7, 11) is 0. The van der Waals surface area contributed by atoms with Crippen LogP contribution in [0.15, 0.2) is 28.8 Å². The summed E-state index contributed by atoms with van der Waals surface area (Å²) in [5, 5.41) is 3.78. The Hall–Kier alpha value is -1.82. The largest absolute Gasteiger partial charge is 0.586 e. The van der Waals surface area contributed by atoms with Crippen molar-refractivity contribution in [1.82, 2.24) is 5.16 Å². The molecule has 0 atom stereocenters. The lowest BCUT2D eigenvalue weighted by molar-refractivity contribution is -0.286. The predicted octanol–water partition coefficient (Wildman–Crippen LogP) is 3.40. The van der Waals surface area contributed by atoms with Gasteiger partial charge >= 0.3 is 6.29 Å². The summed E-state index contributed by atoms with van der Waals surface area (Å²) in [6.07, 6.45) is -3.62. The molecule has 0 aliphatic carbocycles. The van der Waals surface area contributed by atoms with Crippen LogP contribution >= 0.6 is 11.6 Å². The van der Waals surface area contributed by atoms with Crippen LogP contribution < -0.4 is 9.47 Å². The SMILES string of the molecule is FC1(F)Oc2ccc(-c3cc(CCl)on3)cc2O1. The van der Waals surface area contributed by atoms with Gasteiger partial charge in [-0.05, 0) is 18.2 Å². The third kappa shape index (κ3) is 1.88. The molecular weight excluding hydrogens is 268 g/mol. The molecule has 2 aromatic rings. The number of rotatable bonds is 2. The lowest BCUT2D eigenvalue weighted by atomic mass is 10.1. The van der Waals surface area contributed by atoms with E-state index in [0.717, 1.165) is 0 Å². The molecule has 7 heteroatoms. The Bertz CT molecular complexity index is 600. The molecule has 0 N–H and O–H groups in total. The Labute approximate surface area is 105 Å². The number of fused-ring (bicyclic) bond motifs is 1. The second-order valence-electron chi connectivity index (χ2n) is 3.64. The smallest absolute Gasteiger partial charge is 0.395 e.